The zero-order valence-electron chi connectivity index (χ0n) is 21.6. The van der Waals surface area contributed by atoms with Crippen molar-refractivity contribution in [2.24, 2.45) is 0 Å². The van der Waals surface area contributed by atoms with Crippen molar-refractivity contribution in [3.63, 3.8) is 0 Å². The molecule has 2 aromatic heterocycles. The van der Waals surface area contributed by atoms with Crippen molar-refractivity contribution in [3.8, 4) is 28.1 Å². The lowest BCUT2D eigenvalue weighted by atomic mass is 10.0. The van der Waals surface area contributed by atoms with Crippen molar-refractivity contribution in [1.82, 2.24) is 9.55 Å². The van der Waals surface area contributed by atoms with Crippen molar-refractivity contribution in [2.45, 2.75) is 0 Å². The number of rotatable bonds is 3. The molecule has 2 heteroatoms. The third-order valence-electron chi connectivity index (χ3n) is 5.55. The molecule has 0 radical (unpaired) electrons. The number of pyridine rings is 1. The SMILES string of the molecule is [2H]c1c([2H])c([2H])c(-n2c3ccccc3c3cc(-c4cc(-c5ccccc5)ccn4)ccc32)c([2H])c1[2H]. The number of para-hydroxylation sites is 2. The van der Waals surface area contributed by atoms with Crippen LogP contribution in [0.15, 0.2) is 121 Å². The Bertz CT molecular complexity index is 1760. The van der Waals surface area contributed by atoms with Crippen LogP contribution in [0.25, 0.3) is 49.9 Å². The third-order valence-corrected chi connectivity index (χ3v) is 5.55. The maximum atomic E-state index is 8.54. The summed E-state index contributed by atoms with van der Waals surface area (Å²) in [6.45, 7) is 0. The Morgan fingerprint density at radius 3 is 2.26 bits per heavy atom. The summed E-state index contributed by atoms with van der Waals surface area (Å²) < 4.78 is 43.2. The zero-order chi connectivity index (χ0) is 25.0. The van der Waals surface area contributed by atoms with Crippen LogP contribution in [0.4, 0.5) is 0 Å². The molecule has 0 saturated heterocycles. The smallest absolute Gasteiger partial charge is 0.0708 e. The Kier molecular flexibility index (Phi) is 3.09. The predicted molar refractivity (Wildman–Crippen MR) is 129 cm³/mol. The van der Waals surface area contributed by atoms with Crippen LogP contribution in [-0.2, 0) is 0 Å². The molecule has 0 unspecified atom stereocenters. The average molecular weight is 402 g/mol. The number of hydrogen-bond acceptors (Lipinski definition) is 1. The number of fused-ring (bicyclic) bond motifs is 3. The molecule has 2 heterocycles. The molecule has 4 aromatic carbocycles. The summed E-state index contributed by atoms with van der Waals surface area (Å²) in [6, 6.07) is 26.3. The van der Waals surface area contributed by atoms with Crippen LogP contribution in [0.5, 0.6) is 0 Å². The van der Waals surface area contributed by atoms with E-state index in [-0.39, 0.29) is 29.9 Å². The van der Waals surface area contributed by atoms with Gasteiger partial charge in [0.1, 0.15) is 0 Å². The molecule has 146 valence electrons. The van der Waals surface area contributed by atoms with Crippen LogP contribution in [0.3, 0.4) is 0 Å². The van der Waals surface area contributed by atoms with E-state index in [1.807, 2.05) is 60.7 Å². The van der Waals surface area contributed by atoms with Crippen LogP contribution >= 0.6 is 0 Å². The van der Waals surface area contributed by atoms with Crippen molar-refractivity contribution in [1.29, 1.82) is 0 Å². The zero-order valence-corrected chi connectivity index (χ0v) is 16.6. The second-order valence-corrected chi connectivity index (χ2v) is 7.35. The van der Waals surface area contributed by atoms with Crippen LogP contribution in [0, 0.1) is 0 Å². The monoisotopic (exact) mass is 401 g/mol. The second-order valence-electron chi connectivity index (χ2n) is 7.35. The fraction of sp³-hybridized carbons (Fsp3) is 0. The Hall–Kier alpha value is -4.17. The Morgan fingerprint density at radius 2 is 1.39 bits per heavy atom. The van der Waals surface area contributed by atoms with E-state index in [2.05, 4.69) is 29.2 Å². The molecule has 0 atom stereocenters. The summed E-state index contributed by atoms with van der Waals surface area (Å²) in [5.74, 6) is 0. The molecule has 0 spiro atoms. The first kappa shape index (κ1) is 13.2. The van der Waals surface area contributed by atoms with Gasteiger partial charge in [-0.25, -0.2) is 0 Å². The number of hydrogen-bond donors (Lipinski definition) is 0. The molecule has 0 amide bonds. The highest BCUT2D eigenvalue weighted by atomic mass is 15.0. The summed E-state index contributed by atoms with van der Waals surface area (Å²) in [7, 11) is 0. The van der Waals surface area contributed by atoms with E-state index in [1.54, 1.807) is 10.8 Å². The molecule has 0 saturated carbocycles. The average Bonchev–Trinajstić information content (AvgIpc) is 3.25. The van der Waals surface area contributed by atoms with Crippen molar-refractivity contribution < 1.29 is 6.85 Å². The predicted octanol–water partition coefficient (Wildman–Crippen LogP) is 7.51. The van der Waals surface area contributed by atoms with Gasteiger partial charge in [-0.05, 0) is 53.5 Å². The summed E-state index contributed by atoms with van der Waals surface area (Å²) >= 11 is 0. The molecule has 6 aromatic rings. The van der Waals surface area contributed by atoms with Gasteiger partial charge in [0.2, 0.25) is 0 Å². The van der Waals surface area contributed by atoms with Crippen LogP contribution in [0.1, 0.15) is 6.85 Å². The summed E-state index contributed by atoms with van der Waals surface area (Å²) in [5, 5.41) is 1.85. The van der Waals surface area contributed by atoms with E-state index in [9.17, 15) is 0 Å². The minimum absolute atomic E-state index is 0.143. The molecular formula is C29H20N2. The molecule has 2 nitrogen and oxygen atoms in total. The van der Waals surface area contributed by atoms with Gasteiger partial charge in [0.25, 0.3) is 0 Å². The molecule has 6 rings (SSSR count). The Morgan fingerprint density at radius 1 is 0.613 bits per heavy atom. The van der Waals surface area contributed by atoms with Gasteiger partial charge in [-0.2, -0.15) is 0 Å². The third kappa shape index (κ3) is 3.01. The molecule has 0 aliphatic rings. The highest BCUT2D eigenvalue weighted by Crippen LogP contribution is 2.35. The molecule has 31 heavy (non-hydrogen) atoms. The molecule has 0 aliphatic carbocycles. The molecular weight excluding hydrogens is 376 g/mol. The van der Waals surface area contributed by atoms with Crippen LogP contribution in [-0.4, -0.2) is 9.55 Å². The first-order chi connectivity index (χ1) is 17.5. The van der Waals surface area contributed by atoms with Gasteiger partial charge in [-0.3, -0.25) is 4.98 Å². The Balaban J connectivity index is 1.61. The maximum Gasteiger partial charge on any atom is 0.0708 e. The maximum absolute atomic E-state index is 8.54. The van der Waals surface area contributed by atoms with Crippen molar-refractivity contribution in [2.75, 3.05) is 0 Å². The second kappa shape index (κ2) is 7.26. The lowest BCUT2D eigenvalue weighted by Crippen LogP contribution is -1.93. The fourth-order valence-electron chi connectivity index (χ4n) is 4.13. The molecule has 0 aliphatic heterocycles. The van der Waals surface area contributed by atoms with Gasteiger partial charge in [0, 0.05) is 28.2 Å². The number of nitrogens with zero attached hydrogens (tertiary/aromatic N) is 2. The first-order valence-corrected chi connectivity index (χ1v) is 10.1. The summed E-state index contributed by atoms with van der Waals surface area (Å²) in [5.41, 5.74) is 5.63. The Labute approximate surface area is 188 Å². The van der Waals surface area contributed by atoms with E-state index in [4.69, 9.17) is 6.85 Å². The van der Waals surface area contributed by atoms with E-state index in [1.165, 1.54) is 0 Å². The number of benzene rings is 4. The molecule has 0 bridgehead atoms. The lowest BCUT2D eigenvalue weighted by Gasteiger charge is -2.08. The normalized spacial score (nSPS) is 13.5. The quantitative estimate of drug-likeness (QED) is 0.300. The topological polar surface area (TPSA) is 17.8 Å². The van der Waals surface area contributed by atoms with Crippen molar-refractivity contribution >= 4 is 21.8 Å². The van der Waals surface area contributed by atoms with Gasteiger partial charge in [0.15, 0.2) is 0 Å². The number of aromatic nitrogens is 2. The van der Waals surface area contributed by atoms with Gasteiger partial charge < -0.3 is 4.57 Å². The molecule has 0 fully saturated rings. The van der Waals surface area contributed by atoms with E-state index in [0.717, 1.165) is 44.2 Å². The lowest BCUT2D eigenvalue weighted by molar-refractivity contribution is 1.18. The van der Waals surface area contributed by atoms with Gasteiger partial charge in [0.05, 0.1) is 23.6 Å². The van der Waals surface area contributed by atoms with Crippen LogP contribution in [0.2, 0.25) is 0 Å². The van der Waals surface area contributed by atoms with Gasteiger partial charge in [-0.15, -0.1) is 0 Å². The fourth-order valence-corrected chi connectivity index (χ4v) is 4.13. The van der Waals surface area contributed by atoms with E-state index in [0.29, 0.717) is 0 Å². The van der Waals surface area contributed by atoms with Gasteiger partial charge >= 0.3 is 0 Å². The van der Waals surface area contributed by atoms with Gasteiger partial charge in [-0.1, -0.05) is 72.7 Å². The van der Waals surface area contributed by atoms with E-state index >= 15 is 0 Å². The first-order valence-electron chi connectivity index (χ1n) is 12.6. The summed E-state index contributed by atoms with van der Waals surface area (Å²) in [6.07, 6.45) is 1.80. The highest BCUT2D eigenvalue weighted by molar-refractivity contribution is 6.10. The standard InChI is InChI=1S/C29H20N2/c1-3-9-21(10-4-1)22-17-18-30-27(20-22)23-15-16-29-26(19-23)25-13-7-8-14-28(25)31(29)24-11-5-2-6-12-24/h1-20H/i2D,5D,6D,11D,12D. The largest absolute Gasteiger partial charge is 0.309 e. The van der Waals surface area contributed by atoms with E-state index < -0.39 is 6.04 Å². The molecule has 0 N–H and O–H groups in total. The minimum Gasteiger partial charge on any atom is -0.309 e. The highest BCUT2D eigenvalue weighted by Gasteiger charge is 2.13. The summed E-state index contributed by atoms with van der Waals surface area (Å²) in [4.78, 5) is 4.61. The van der Waals surface area contributed by atoms with Crippen LogP contribution < -0.4 is 0 Å². The van der Waals surface area contributed by atoms with Crippen molar-refractivity contribution in [3.05, 3.63) is 121 Å². The minimum atomic E-state index is -0.402.